The van der Waals surface area contributed by atoms with Crippen molar-refractivity contribution in [2.24, 2.45) is 7.05 Å². The zero-order chi connectivity index (χ0) is 21.2. The lowest BCUT2D eigenvalue weighted by molar-refractivity contribution is -0.123. The van der Waals surface area contributed by atoms with E-state index in [4.69, 9.17) is 4.74 Å². The van der Waals surface area contributed by atoms with Gasteiger partial charge in [-0.25, -0.2) is 13.2 Å². The third-order valence-electron chi connectivity index (χ3n) is 4.06. The first-order valence-electron chi connectivity index (χ1n) is 8.09. The molecule has 8 nitrogen and oxygen atoms in total. The molecule has 0 saturated carbocycles. The zero-order valence-corrected chi connectivity index (χ0v) is 16.4. The number of hydrogen-bond donors (Lipinski definition) is 1. The Labute approximate surface area is 160 Å². The van der Waals surface area contributed by atoms with E-state index >= 15 is 0 Å². The van der Waals surface area contributed by atoms with E-state index in [9.17, 15) is 26.8 Å². The molecule has 2 aromatic rings. The number of nitrogens with zero attached hydrogens (tertiary/aromatic N) is 2. The molecule has 11 heteroatoms. The smallest absolute Gasteiger partial charge is 0.341 e. The molecule has 1 heterocycles. The number of carbonyl (C=O) groups excluding carboxylic acids is 2. The van der Waals surface area contributed by atoms with E-state index < -0.39 is 38.5 Å². The van der Waals surface area contributed by atoms with Crippen molar-refractivity contribution in [3.05, 3.63) is 41.2 Å². The minimum Gasteiger partial charge on any atom is -0.449 e. The third-order valence-corrected chi connectivity index (χ3v) is 5.46. The highest BCUT2D eigenvalue weighted by molar-refractivity contribution is 7.91. The summed E-state index contributed by atoms with van der Waals surface area (Å²) < 4.78 is 54.5. The molecule has 0 bridgehead atoms. The number of ether oxygens (including phenoxy) is 1. The number of aromatic nitrogens is 2. The van der Waals surface area contributed by atoms with Gasteiger partial charge < -0.3 is 10.1 Å². The van der Waals surface area contributed by atoms with E-state index in [-0.39, 0.29) is 5.56 Å². The highest BCUT2D eigenvalue weighted by atomic mass is 32.2. The molecule has 0 unspecified atom stereocenters. The van der Waals surface area contributed by atoms with Gasteiger partial charge >= 0.3 is 11.7 Å². The average molecular weight is 415 g/mol. The largest absolute Gasteiger partial charge is 0.449 e. The lowest BCUT2D eigenvalue weighted by Gasteiger charge is -2.14. The number of amides is 1. The van der Waals surface area contributed by atoms with Gasteiger partial charge in [-0.3, -0.25) is 9.48 Å². The maximum Gasteiger partial charge on any atom is 0.341 e. The Bertz CT molecular complexity index is 1000. The Kier molecular flexibility index (Phi) is 6.17. The van der Waals surface area contributed by atoms with Gasteiger partial charge in [0.25, 0.3) is 5.91 Å². The third kappa shape index (κ3) is 4.35. The van der Waals surface area contributed by atoms with Crippen molar-refractivity contribution in [3.8, 4) is 0 Å². The molecule has 28 heavy (non-hydrogen) atoms. The highest BCUT2D eigenvalue weighted by Crippen LogP contribution is 2.20. The van der Waals surface area contributed by atoms with Crippen LogP contribution in [0, 0.1) is 13.8 Å². The second kappa shape index (κ2) is 8.05. The van der Waals surface area contributed by atoms with Gasteiger partial charge in [-0.15, -0.1) is 0 Å². The first kappa shape index (κ1) is 21.5. The van der Waals surface area contributed by atoms with E-state index in [0.717, 1.165) is 30.0 Å². The van der Waals surface area contributed by atoms with Gasteiger partial charge in [0.1, 0.15) is 0 Å². The van der Waals surface area contributed by atoms with Crippen molar-refractivity contribution in [3.63, 3.8) is 0 Å². The monoisotopic (exact) mass is 415 g/mol. The number of halogens is 2. The number of alkyl halides is 2. The number of carbonyl (C=O) groups is 2. The molecule has 0 aliphatic carbocycles. The van der Waals surface area contributed by atoms with Crippen LogP contribution in [0.4, 0.5) is 14.5 Å². The fourth-order valence-corrected chi connectivity index (χ4v) is 3.07. The van der Waals surface area contributed by atoms with Crippen molar-refractivity contribution in [2.75, 3.05) is 5.32 Å². The van der Waals surface area contributed by atoms with Gasteiger partial charge in [0, 0.05) is 7.05 Å². The summed E-state index contributed by atoms with van der Waals surface area (Å²) >= 11 is 0. The second-order valence-electron chi connectivity index (χ2n) is 6.04. The first-order chi connectivity index (χ1) is 12.9. The van der Waals surface area contributed by atoms with Crippen LogP contribution in [0.1, 0.15) is 28.7 Å². The topological polar surface area (TPSA) is 107 Å². The predicted molar refractivity (Wildman–Crippen MR) is 95.8 cm³/mol. The first-order valence-corrected chi connectivity index (χ1v) is 9.64. The van der Waals surface area contributed by atoms with Gasteiger partial charge in [0.2, 0.25) is 9.84 Å². The Morgan fingerprint density at radius 2 is 1.75 bits per heavy atom. The van der Waals surface area contributed by atoms with Crippen LogP contribution in [0.25, 0.3) is 0 Å². The summed E-state index contributed by atoms with van der Waals surface area (Å²) in [5, 5.41) is 6.80. The zero-order valence-electron chi connectivity index (χ0n) is 15.6. The second-order valence-corrected chi connectivity index (χ2v) is 7.95. The van der Waals surface area contributed by atoms with Crippen LogP contribution in [0.2, 0.25) is 0 Å². The van der Waals surface area contributed by atoms with Crippen molar-refractivity contribution >= 4 is 27.4 Å². The predicted octanol–water partition coefficient (Wildman–Crippen LogP) is 2.22. The molecule has 1 aromatic carbocycles. The summed E-state index contributed by atoms with van der Waals surface area (Å²) in [5.41, 5.74) is 1.75. The highest BCUT2D eigenvalue weighted by Gasteiger charge is 2.27. The molecular formula is C17H19F2N3O5S. The summed E-state index contributed by atoms with van der Waals surface area (Å²) in [6.45, 7) is 4.85. The van der Waals surface area contributed by atoms with Gasteiger partial charge in [0.05, 0.1) is 27.5 Å². The number of hydrogen-bond acceptors (Lipinski definition) is 6. The van der Waals surface area contributed by atoms with Gasteiger partial charge in [-0.1, -0.05) is 0 Å². The lowest BCUT2D eigenvalue weighted by atomic mass is 10.2. The molecule has 0 saturated heterocycles. The number of rotatable bonds is 6. The number of benzene rings is 1. The van der Waals surface area contributed by atoms with Crippen molar-refractivity contribution in [2.45, 2.75) is 37.5 Å². The van der Waals surface area contributed by atoms with Crippen LogP contribution in [-0.2, 0) is 26.4 Å². The molecule has 1 N–H and O–H groups in total. The minimum atomic E-state index is -4.75. The van der Waals surface area contributed by atoms with Crippen LogP contribution < -0.4 is 5.32 Å². The summed E-state index contributed by atoms with van der Waals surface area (Å²) in [6, 6.07) is 3.84. The fraction of sp³-hybridized carbons (Fsp3) is 0.353. The number of anilines is 1. The Morgan fingerprint density at radius 3 is 2.21 bits per heavy atom. The standard InChI is InChI=1S/C17H19F2N3O5S/c1-9-14(10(2)22(4)21-9)20-15(23)11(3)27-16(24)12-5-7-13(8-6-12)28(25,26)17(18)19/h5-8,11,17H,1-4H3,(H,20,23)/t11-/m0/s1. The molecule has 0 radical (unpaired) electrons. The van der Waals surface area contributed by atoms with Gasteiger partial charge in [0.15, 0.2) is 6.10 Å². The van der Waals surface area contributed by atoms with Gasteiger partial charge in [-0.05, 0) is 45.0 Å². The van der Waals surface area contributed by atoms with Gasteiger partial charge in [-0.2, -0.15) is 13.9 Å². The molecule has 1 aromatic heterocycles. The maximum absolute atomic E-state index is 12.5. The Balaban J connectivity index is 2.06. The number of sulfone groups is 1. The average Bonchev–Trinajstić information content (AvgIpc) is 2.87. The summed E-state index contributed by atoms with van der Waals surface area (Å²) in [6.07, 6.45) is -1.16. The van der Waals surface area contributed by atoms with Crippen LogP contribution in [-0.4, -0.2) is 41.9 Å². The van der Waals surface area contributed by atoms with E-state index in [1.807, 2.05) is 0 Å². The maximum atomic E-state index is 12.5. The number of esters is 1. The minimum absolute atomic E-state index is 0.0818. The van der Waals surface area contributed by atoms with Crippen LogP contribution in [0.3, 0.4) is 0 Å². The van der Waals surface area contributed by atoms with E-state index in [1.165, 1.54) is 6.92 Å². The molecule has 1 amide bonds. The van der Waals surface area contributed by atoms with Crippen LogP contribution in [0.15, 0.2) is 29.2 Å². The molecule has 0 fully saturated rings. The molecular weight excluding hydrogens is 396 g/mol. The molecule has 2 rings (SSSR count). The number of aryl methyl sites for hydroxylation is 2. The fourth-order valence-electron chi connectivity index (χ4n) is 2.35. The number of nitrogens with one attached hydrogen (secondary N) is 1. The summed E-state index contributed by atoms with van der Waals surface area (Å²) in [4.78, 5) is 23.8. The molecule has 0 aliphatic heterocycles. The Morgan fingerprint density at radius 1 is 1.18 bits per heavy atom. The lowest BCUT2D eigenvalue weighted by Crippen LogP contribution is -2.30. The molecule has 0 aliphatic rings. The normalized spacial score (nSPS) is 12.7. The van der Waals surface area contributed by atoms with Crippen LogP contribution >= 0.6 is 0 Å². The molecule has 1 atom stereocenters. The molecule has 152 valence electrons. The van der Waals surface area contributed by atoms with Crippen molar-refractivity contribution < 1.29 is 31.5 Å². The van der Waals surface area contributed by atoms with E-state index in [1.54, 1.807) is 25.6 Å². The SMILES string of the molecule is Cc1nn(C)c(C)c1NC(=O)[C@H](C)OC(=O)c1ccc(S(=O)(=O)C(F)F)cc1. The van der Waals surface area contributed by atoms with E-state index in [0.29, 0.717) is 11.4 Å². The van der Waals surface area contributed by atoms with E-state index in [2.05, 4.69) is 10.4 Å². The molecule has 0 spiro atoms. The summed E-state index contributed by atoms with van der Waals surface area (Å²) in [5.74, 6) is -5.04. The van der Waals surface area contributed by atoms with Crippen LogP contribution in [0.5, 0.6) is 0 Å². The summed E-state index contributed by atoms with van der Waals surface area (Å²) in [7, 11) is -3.03. The quantitative estimate of drug-likeness (QED) is 0.725. The van der Waals surface area contributed by atoms with Crippen molar-refractivity contribution in [1.82, 2.24) is 9.78 Å². The van der Waals surface area contributed by atoms with Crippen molar-refractivity contribution in [1.29, 1.82) is 0 Å². The Hall–Kier alpha value is -2.82.